The lowest BCUT2D eigenvalue weighted by molar-refractivity contribution is 0.290. The summed E-state index contributed by atoms with van der Waals surface area (Å²) in [6.07, 6.45) is 1.58. The normalized spacial score (nSPS) is 12.1. The van der Waals surface area contributed by atoms with Crippen molar-refractivity contribution in [3.8, 4) is 0 Å². The molecule has 4 nitrogen and oxygen atoms in total. The summed E-state index contributed by atoms with van der Waals surface area (Å²) in [6, 6.07) is 2.94. The van der Waals surface area contributed by atoms with E-state index in [9.17, 15) is 0 Å². The molecule has 1 aromatic heterocycles. The molecule has 0 saturated heterocycles. The Morgan fingerprint density at radius 2 is 2.43 bits per heavy atom. The van der Waals surface area contributed by atoms with Gasteiger partial charge in [-0.05, 0) is 6.07 Å². The molecule has 0 aliphatic rings. The maximum atomic E-state index is 8.90. The fraction of sp³-hybridized carbons (Fsp3) is 0.222. The van der Waals surface area contributed by atoms with Crippen molar-refractivity contribution in [1.82, 2.24) is 4.98 Å². The van der Waals surface area contributed by atoms with Crippen LogP contribution in [0.2, 0.25) is 5.15 Å². The van der Waals surface area contributed by atoms with Crippen LogP contribution < -0.4 is 11.1 Å². The van der Waals surface area contributed by atoms with Gasteiger partial charge in [0.2, 0.25) is 0 Å². The van der Waals surface area contributed by atoms with Crippen LogP contribution in [0.15, 0.2) is 24.8 Å². The maximum absolute atomic E-state index is 8.90. The van der Waals surface area contributed by atoms with E-state index in [0.717, 1.165) is 0 Å². The van der Waals surface area contributed by atoms with Gasteiger partial charge in [0.05, 0.1) is 12.6 Å². The largest absolute Gasteiger partial charge is 0.399 e. The van der Waals surface area contributed by atoms with Crippen LogP contribution in [0, 0.1) is 0 Å². The number of nitrogens with one attached hydrogen (secondary N) is 1. The number of halogens is 1. The van der Waals surface area contributed by atoms with Crippen LogP contribution in [0.4, 0.5) is 11.5 Å². The molecule has 1 unspecified atom stereocenters. The highest BCUT2D eigenvalue weighted by Crippen LogP contribution is 2.16. The van der Waals surface area contributed by atoms with E-state index >= 15 is 0 Å². The first-order valence-electron chi connectivity index (χ1n) is 4.08. The smallest absolute Gasteiger partial charge is 0.133 e. The van der Waals surface area contributed by atoms with Gasteiger partial charge in [0.1, 0.15) is 11.0 Å². The third kappa shape index (κ3) is 2.90. The van der Waals surface area contributed by atoms with Crippen molar-refractivity contribution in [2.75, 3.05) is 17.7 Å². The molecule has 1 atom stereocenters. The Morgan fingerprint density at radius 1 is 1.71 bits per heavy atom. The van der Waals surface area contributed by atoms with E-state index in [1.165, 1.54) is 0 Å². The number of hydrogen-bond donors (Lipinski definition) is 3. The minimum atomic E-state index is -0.250. The number of aliphatic hydroxyl groups excluding tert-OH is 1. The Kier molecular flexibility index (Phi) is 3.73. The van der Waals surface area contributed by atoms with Gasteiger partial charge in [-0.1, -0.05) is 17.7 Å². The summed E-state index contributed by atoms with van der Waals surface area (Å²) < 4.78 is 0. The molecule has 14 heavy (non-hydrogen) atoms. The number of aliphatic hydroxyl groups is 1. The first-order valence-corrected chi connectivity index (χ1v) is 4.46. The van der Waals surface area contributed by atoms with Crippen LogP contribution in [0.1, 0.15) is 0 Å². The number of nitrogens with two attached hydrogens (primary N) is 1. The zero-order chi connectivity index (χ0) is 10.6. The Bertz CT molecular complexity index is 310. The third-order valence-electron chi connectivity index (χ3n) is 1.63. The maximum Gasteiger partial charge on any atom is 0.133 e. The van der Waals surface area contributed by atoms with E-state index in [4.69, 9.17) is 22.4 Å². The van der Waals surface area contributed by atoms with E-state index in [0.29, 0.717) is 16.7 Å². The average molecular weight is 214 g/mol. The van der Waals surface area contributed by atoms with Gasteiger partial charge in [-0.2, -0.15) is 0 Å². The van der Waals surface area contributed by atoms with Gasteiger partial charge in [-0.25, -0.2) is 4.98 Å². The minimum Gasteiger partial charge on any atom is -0.399 e. The topological polar surface area (TPSA) is 71.2 Å². The minimum absolute atomic E-state index is 0.0579. The van der Waals surface area contributed by atoms with Crippen molar-refractivity contribution >= 4 is 23.1 Å². The Morgan fingerprint density at radius 3 is 2.93 bits per heavy atom. The van der Waals surface area contributed by atoms with Crippen LogP contribution >= 0.6 is 11.6 Å². The lowest BCUT2D eigenvalue weighted by Gasteiger charge is -2.12. The van der Waals surface area contributed by atoms with E-state index in [-0.39, 0.29) is 12.6 Å². The average Bonchev–Trinajstić information content (AvgIpc) is 2.12. The standard InChI is InChI=1S/C9H12ClN3O/c1-2-7(5-14)12-9-4-6(11)3-8(10)13-9/h2-4,7,14H,1,5H2,(H3,11,12,13). The summed E-state index contributed by atoms with van der Waals surface area (Å²) in [5.74, 6) is 0.522. The quantitative estimate of drug-likeness (QED) is 0.521. The van der Waals surface area contributed by atoms with E-state index < -0.39 is 0 Å². The highest BCUT2D eigenvalue weighted by atomic mass is 35.5. The molecule has 76 valence electrons. The molecule has 0 spiro atoms. The number of pyridine rings is 1. The predicted molar refractivity (Wildman–Crippen MR) is 58.4 cm³/mol. The van der Waals surface area contributed by atoms with Gasteiger partial charge in [-0.3, -0.25) is 0 Å². The van der Waals surface area contributed by atoms with Gasteiger partial charge < -0.3 is 16.2 Å². The number of rotatable bonds is 4. The summed E-state index contributed by atoms with van der Waals surface area (Å²) in [5, 5.41) is 12.1. The number of aromatic nitrogens is 1. The molecule has 1 heterocycles. The highest BCUT2D eigenvalue weighted by molar-refractivity contribution is 6.29. The molecular weight excluding hydrogens is 202 g/mol. The molecule has 0 amide bonds. The van der Waals surface area contributed by atoms with Crippen LogP contribution in [0.5, 0.6) is 0 Å². The van der Waals surface area contributed by atoms with Gasteiger partial charge in [0, 0.05) is 11.8 Å². The van der Waals surface area contributed by atoms with Gasteiger partial charge in [0.25, 0.3) is 0 Å². The van der Waals surface area contributed by atoms with Crippen LogP contribution in [-0.2, 0) is 0 Å². The first kappa shape index (κ1) is 10.8. The SMILES string of the molecule is C=CC(CO)Nc1cc(N)cc(Cl)n1. The summed E-state index contributed by atoms with van der Waals surface area (Å²) in [6.45, 7) is 3.50. The van der Waals surface area contributed by atoms with Crippen molar-refractivity contribution in [2.24, 2.45) is 0 Å². The Balaban J connectivity index is 2.80. The molecule has 1 aromatic rings. The number of anilines is 2. The molecule has 0 aliphatic heterocycles. The molecule has 0 aromatic carbocycles. The fourth-order valence-corrected chi connectivity index (χ4v) is 1.18. The van der Waals surface area contributed by atoms with Gasteiger partial charge in [0.15, 0.2) is 0 Å². The number of nitrogens with zero attached hydrogens (tertiary/aromatic N) is 1. The van der Waals surface area contributed by atoms with E-state index in [1.54, 1.807) is 18.2 Å². The van der Waals surface area contributed by atoms with Crippen LogP contribution in [-0.4, -0.2) is 22.7 Å². The van der Waals surface area contributed by atoms with Gasteiger partial charge in [-0.15, -0.1) is 6.58 Å². The molecule has 0 saturated carbocycles. The van der Waals surface area contributed by atoms with Crippen molar-refractivity contribution in [1.29, 1.82) is 0 Å². The molecule has 0 fully saturated rings. The van der Waals surface area contributed by atoms with Gasteiger partial charge >= 0.3 is 0 Å². The second-order valence-electron chi connectivity index (χ2n) is 2.78. The zero-order valence-electron chi connectivity index (χ0n) is 7.57. The van der Waals surface area contributed by atoms with Crippen molar-refractivity contribution in [3.63, 3.8) is 0 Å². The summed E-state index contributed by atoms with van der Waals surface area (Å²) in [7, 11) is 0. The van der Waals surface area contributed by atoms with Crippen molar-refractivity contribution in [2.45, 2.75) is 6.04 Å². The highest BCUT2D eigenvalue weighted by Gasteiger charge is 2.04. The molecule has 4 N–H and O–H groups in total. The third-order valence-corrected chi connectivity index (χ3v) is 1.82. The van der Waals surface area contributed by atoms with Crippen molar-refractivity contribution in [3.05, 3.63) is 29.9 Å². The first-order chi connectivity index (χ1) is 6.65. The molecule has 5 heteroatoms. The van der Waals surface area contributed by atoms with Crippen LogP contribution in [0.25, 0.3) is 0 Å². The zero-order valence-corrected chi connectivity index (χ0v) is 8.33. The summed E-state index contributed by atoms with van der Waals surface area (Å²) >= 11 is 5.70. The number of nitrogen functional groups attached to an aromatic ring is 1. The van der Waals surface area contributed by atoms with E-state index in [1.807, 2.05) is 0 Å². The van der Waals surface area contributed by atoms with E-state index in [2.05, 4.69) is 16.9 Å². The lowest BCUT2D eigenvalue weighted by atomic mass is 10.3. The summed E-state index contributed by atoms with van der Waals surface area (Å²) in [5.41, 5.74) is 6.09. The molecular formula is C9H12ClN3O. The lowest BCUT2D eigenvalue weighted by Crippen LogP contribution is -2.21. The second kappa shape index (κ2) is 4.83. The Labute approximate surface area is 87.4 Å². The fourth-order valence-electron chi connectivity index (χ4n) is 0.960. The molecule has 0 bridgehead atoms. The van der Waals surface area contributed by atoms with Crippen molar-refractivity contribution < 1.29 is 5.11 Å². The van der Waals surface area contributed by atoms with Crippen LogP contribution in [0.3, 0.4) is 0 Å². The summed E-state index contributed by atoms with van der Waals surface area (Å²) in [4.78, 5) is 3.99. The molecule has 0 aliphatic carbocycles. The predicted octanol–water partition coefficient (Wildman–Crippen LogP) is 1.28. The second-order valence-corrected chi connectivity index (χ2v) is 3.16. The number of hydrogen-bond acceptors (Lipinski definition) is 4. The monoisotopic (exact) mass is 213 g/mol. The molecule has 0 radical (unpaired) electrons. The Hall–Kier alpha value is -1.26. The molecule has 1 rings (SSSR count).